The largest absolute Gasteiger partial charge is 0.325 e. The maximum atomic E-state index is 12.7. The standard InChI is InChI=1S/C13H15FN2O/c14-9-2-5-10(6-3-9)16-13(17)12-8-1-4-11(7-8)15-12/h2-3,5-6,8,11-12,15H,1,4,7H2,(H,16,17)/t8-,11+,12-/m0/s1. The molecule has 1 aliphatic carbocycles. The van der Waals surface area contributed by atoms with E-state index in [4.69, 9.17) is 0 Å². The second-order valence-electron chi connectivity index (χ2n) is 4.91. The molecule has 0 aromatic heterocycles. The van der Waals surface area contributed by atoms with Crippen molar-refractivity contribution in [3.05, 3.63) is 30.1 Å². The Hall–Kier alpha value is -1.42. The lowest BCUT2D eigenvalue weighted by Gasteiger charge is -2.22. The van der Waals surface area contributed by atoms with Crippen LogP contribution in [0.1, 0.15) is 19.3 Å². The van der Waals surface area contributed by atoms with E-state index in [1.807, 2.05) is 0 Å². The van der Waals surface area contributed by atoms with E-state index in [1.165, 1.54) is 18.6 Å². The molecule has 1 aromatic carbocycles. The molecule has 0 unspecified atom stereocenters. The maximum absolute atomic E-state index is 12.7. The lowest BCUT2D eigenvalue weighted by Crippen LogP contribution is -2.44. The summed E-state index contributed by atoms with van der Waals surface area (Å²) in [6, 6.07) is 6.32. The summed E-state index contributed by atoms with van der Waals surface area (Å²) in [6.45, 7) is 0. The number of anilines is 1. The van der Waals surface area contributed by atoms with Gasteiger partial charge >= 0.3 is 0 Å². The molecule has 0 spiro atoms. The molecule has 2 aliphatic rings. The molecule has 1 saturated heterocycles. The van der Waals surface area contributed by atoms with Gasteiger partial charge in [0.25, 0.3) is 0 Å². The first-order chi connectivity index (χ1) is 8.22. The third kappa shape index (κ3) is 2.05. The fourth-order valence-electron chi connectivity index (χ4n) is 2.90. The van der Waals surface area contributed by atoms with E-state index < -0.39 is 0 Å². The van der Waals surface area contributed by atoms with Gasteiger partial charge in [0.05, 0.1) is 6.04 Å². The predicted octanol–water partition coefficient (Wildman–Crippen LogP) is 1.90. The van der Waals surface area contributed by atoms with E-state index in [1.54, 1.807) is 12.1 Å². The summed E-state index contributed by atoms with van der Waals surface area (Å²) >= 11 is 0. The Morgan fingerprint density at radius 3 is 2.65 bits per heavy atom. The van der Waals surface area contributed by atoms with Crippen LogP contribution in [0.15, 0.2) is 24.3 Å². The van der Waals surface area contributed by atoms with Crippen LogP contribution in [-0.4, -0.2) is 18.0 Å². The molecule has 1 aromatic rings. The van der Waals surface area contributed by atoms with Gasteiger partial charge in [0, 0.05) is 11.7 Å². The van der Waals surface area contributed by atoms with E-state index in [0.717, 1.165) is 12.8 Å². The van der Waals surface area contributed by atoms with Crippen LogP contribution in [0.25, 0.3) is 0 Å². The quantitative estimate of drug-likeness (QED) is 0.820. The molecule has 90 valence electrons. The summed E-state index contributed by atoms with van der Waals surface area (Å²) in [5.74, 6) is 0.185. The minimum Gasteiger partial charge on any atom is -0.325 e. The van der Waals surface area contributed by atoms with Crippen molar-refractivity contribution in [2.24, 2.45) is 5.92 Å². The number of hydrogen-bond acceptors (Lipinski definition) is 2. The number of hydrogen-bond donors (Lipinski definition) is 2. The van der Waals surface area contributed by atoms with Crippen LogP contribution in [0.5, 0.6) is 0 Å². The van der Waals surface area contributed by atoms with Gasteiger partial charge < -0.3 is 10.6 Å². The number of piperidine rings is 1. The summed E-state index contributed by atoms with van der Waals surface area (Å²) in [4.78, 5) is 12.0. The lowest BCUT2D eigenvalue weighted by molar-refractivity contribution is -0.119. The van der Waals surface area contributed by atoms with Crippen LogP contribution in [0.2, 0.25) is 0 Å². The topological polar surface area (TPSA) is 41.1 Å². The SMILES string of the molecule is O=C(Nc1ccc(F)cc1)[C@H]1N[C@@H]2CC[C@H]1C2. The zero-order valence-electron chi connectivity index (χ0n) is 9.45. The fourth-order valence-corrected chi connectivity index (χ4v) is 2.90. The van der Waals surface area contributed by atoms with E-state index in [9.17, 15) is 9.18 Å². The Balaban J connectivity index is 1.65. The molecule has 2 N–H and O–H groups in total. The van der Waals surface area contributed by atoms with Crippen molar-refractivity contribution < 1.29 is 9.18 Å². The average Bonchev–Trinajstić information content (AvgIpc) is 2.94. The van der Waals surface area contributed by atoms with Crippen molar-refractivity contribution in [2.75, 3.05) is 5.32 Å². The van der Waals surface area contributed by atoms with Crippen molar-refractivity contribution in [3.8, 4) is 0 Å². The lowest BCUT2D eigenvalue weighted by atomic mass is 9.99. The molecular weight excluding hydrogens is 219 g/mol. The molecule has 0 radical (unpaired) electrons. The highest BCUT2D eigenvalue weighted by Crippen LogP contribution is 2.35. The number of halogens is 1. The Bertz CT molecular complexity index is 432. The first kappa shape index (κ1) is 10.7. The van der Waals surface area contributed by atoms with Gasteiger partial charge in [-0.2, -0.15) is 0 Å². The molecule has 2 bridgehead atoms. The van der Waals surface area contributed by atoms with Crippen LogP contribution in [0.4, 0.5) is 10.1 Å². The van der Waals surface area contributed by atoms with Gasteiger partial charge in [0.2, 0.25) is 5.91 Å². The van der Waals surface area contributed by atoms with E-state index in [2.05, 4.69) is 10.6 Å². The minimum atomic E-state index is -0.291. The zero-order chi connectivity index (χ0) is 11.8. The number of carbonyl (C=O) groups excluding carboxylic acids is 1. The highest BCUT2D eigenvalue weighted by Gasteiger charge is 2.42. The average molecular weight is 234 g/mol. The second-order valence-corrected chi connectivity index (χ2v) is 4.91. The molecule has 1 heterocycles. The van der Waals surface area contributed by atoms with Gasteiger partial charge in [-0.05, 0) is 49.4 Å². The van der Waals surface area contributed by atoms with E-state index in [0.29, 0.717) is 17.6 Å². The van der Waals surface area contributed by atoms with Gasteiger partial charge in [0.15, 0.2) is 0 Å². The van der Waals surface area contributed by atoms with E-state index in [-0.39, 0.29) is 17.8 Å². The molecule has 4 heteroatoms. The van der Waals surface area contributed by atoms with Crippen molar-refractivity contribution in [3.63, 3.8) is 0 Å². The van der Waals surface area contributed by atoms with Crippen molar-refractivity contribution >= 4 is 11.6 Å². The van der Waals surface area contributed by atoms with Gasteiger partial charge in [-0.15, -0.1) is 0 Å². The van der Waals surface area contributed by atoms with Crippen LogP contribution < -0.4 is 10.6 Å². The number of amides is 1. The number of fused-ring (bicyclic) bond motifs is 2. The highest BCUT2D eigenvalue weighted by molar-refractivity contribution is 5.95. The first-order valence-corrected chi connectivity index (χ1v) is 6.05. The smallest absolute Gasteiger partial charge is 0.241 e. The number of rotatable bonds is 2. The maximum Gasteiger partial charge on any atom is 0.241 e. The van der Waals surface area contributed by atoms with Crippen molar-refractivity contribution in [2.45, 2.75) is 31.3 Å². The number of nitrogens with one attached hydrogen (secondary N) is 2. The molecule has 1 amide bonds. The number of benzene rings is 1. The monoisotopic (exact) mass is 234 g/mol. The Kier molecular flexibility index (Phi) is 2.59. The second kappa shape index (κ2) is 4.11. The molecule has 1 aliphatic heterocycles. The zero-order valence-corrected chi connectivity index (χ0v) is 9.45. The summed E-state index contributed by atoms with van der Waals surface area (Å²) in [5, 5.41) is 6.16. The van der Waals surface area contributed by atoms with Crippen LogP contribution in [0, 0.1) is 11.7 Å². The summed E-state index contributed by atoms with van der Waals surface area (Å²) in [7, 11) is 0. The molecule has 3 nitrogen and oxygen atoms in total. The first-order valence-electron chi connectivity index (χ1n) is 6.05. The molecular formula is C13H15FN2O. The van der Waals surface area contributed by atoms with Crippen LogP contribution in [-0.2, 0) is 4.79 Å². The molecule has 17 heavy (non-hydrogen) atoms. The minimum absolute atomic E-state index is 0.00353. The molecule has 3 atom stereocenters. The Morgan fingerprint density at radius 2 is 2.06 bits per heavy atom. The Morgan fingerprint density at radius 1 is 1.29 bits per heavy atom. The number of carbonyl (C=O) groups is 1. The van der Waals surface area contributed by atoms with Crippen LogP contribution >= 0.6 is 0 Å². The van der Waals surface area contributed by atoms with E-state index >= 15 is 0 Å². The van der Waals surface area contributed by atoms with Gasteiger partial charge in [-0.25, -0.2) is 4.39 Å². The van der Waals surface area contributed by atoms with Gasteiger partial charge in [0.1, 0.15) is 5.82 Å². The summed E-state index contributed by atoms with van der Waals surface area (Å²) in [5.41, 5.74) is 0.654. The summed E-state index contributed by atoms with van der Waals surface area (Å²) < 4.78 is 12.7. The van der Waals surface area contributed by atoms with Crippen molar-refractivity contribution in [1.29, 1.82) is 0 Å². The molecule has 3 rings (SSSR count). The molecule has 1 saturated carbocycles. The third-order valence-electron chi connectivity index (χ3n) is 3.75. The fraction of sp³-hybridized carbons (Fsp3) is 0.462. The van der Waals surface area contributed by atoms with Crippen molar-refractivity contribution in [1.82, 2.24) is 5.32 Å². The molecule has 2 fully saturated rings. The summed E-state index contributed by atoms with van der Waals surface area (Å²) in [6.07, 6.45) is 3.44. The van der Waals surface area contributed by atoms with Gasteiger partial charge in [-0.1, -0.05) is 0 Å². The third-order valence-corrected chi connectivity index (χ3v) is 3.75. The Labute approximate surface area is 99.4 Å². The van der Waals surface area contributed by atoms with Crippen LogP contribution in [0.3, 0.4) is 0 Å². The predicted molar refractivity (Wildman–Crippen MR) is 63.1 cm³/mol. The van der Waals surface area contributed by atoms with Gasteiger partial charge in [-0.3, -0.25) is 4.79 Å². The normalized spacial score (nSPS) is 30.5. The highest BCUT2D eigenvalue weighted by atomic mass is 19.1.